The summed E-state index contributed by atoms with van der Waals surface area (Å²) in [6.07, 6.45) is 4.60. The molecule has 7 rings (SSSR count). The molecule has 2 aliphatic rings. The summed E-state index contributed by atoms with van der Waals surface area (Å²) in [5, 5.41) is 5.65. The van der Waals surface area contributed by atoms with Crippen molar-refractivity contribution >= 4 is 27.7 Å². The van der Waals surface area contributed by atoms with Gasteiger partial charge in [0.25, 0.3) is 5.91 Å². The molecule has 0 saturated heterocycles. The van der Waals surface area contributed by atoms with Crippen LogP contribution in [0.1, 0.15) is 51.7 Å². The maximum atomic E-state index is 13.0. The maximum absolute atomic E-state index is 13.0. The minimum Gasteiger partial charge on any atom is -0.348 e. The minimum absolute atomic E-state index is 0.0642. The molecule has 1 amide bonds. The Bertz CT molecular complexity index is 1650. The van der Waals surface area contributed by atoms with Gasteiger partial charge in [-0.15, -0.1) is 0 Å². The quantitative estimate of drug-likeness (QED) is 0.324. The zero-order valence-corrected chi connectivity index (χ0v) is 21.5. The van der Waals surface area contributed by atoms with Crippen LogP contribution in [-0.2, 0) is 25.9 Å². The number of aryl methyl sites for hydroxylation is 3. The molecule has 0 bridgehead atoms. The third-order valence-corrected chi connectivity index (χ3v) is 7.68. The van der Waals surface area contributed by atoms with Gasteiger partial charge in [0.15, 0.2) is 0 Å². The van der Waals surface area contributed by atoms with E-state index in [2.05, 4.69) is 64.3 Å². The number of fused-ring (bicyclic) bond motifs is 10. The Morgan fingerprint density at radius 1 is 1.03 bits per heavy atom. The van der Waals surface area contributed by atoms with E-state index >= 15 is 0 Å². The Morgan fingerprint density at radius 2 is 1.86 bits per heavy atom. The molecule has 5 heteroatoms. The first kappa shape index (κ1) is 23.4. The summed E-state index contributed by atoms with van der Waals surface area (Å²) in [4.78, 5) is 17.0. The van der Waals surface area contributed by atoms with E-state index in [1.807, 2.05) is 25.1 Å². The lowest BCUT2D eigenvalue weighted by Crippen LogP contribution is -2.13. The zero-order valence-electron chi connectivity index (χ0n) is 21.5. The number of amides is 1. The van der Waals surface area contributed by atoms with Crippen LogP contribution in [0.2, 0.25) is 0 Å². The molecular formula is C32H32N4O. The predicted molar refractivity (Wildman–Crippen MR) is 151 cm³/mol. The lowest BCUT2D eigenvalue weighted by Gasteiger charge is -2.13. The summed E-state index contributed by atoms with van der Waals surface area (Å²) in [6.45, 7) is 6.33. The SMILES string of the molecule is CCc1ccc2c(c1)c1c3c(c4c(c1n2CCCN)Cc1ccccc1-4)C(=O)NC3.Cc1ccccn1. The predicted octanol–water partition coefficient (Wildman–Crippen LogP) is 5.91. The second-order valence-corrected chi connectivity index (χ2v) is 9.92. The van der Waals surface area contributed by atoms with Gasteiger partial charge in [-0.25, -0.2) is 0 Å². The largest absolute Gasteiger partial charge is 0.348 e. The summed E-state index contributed by atoms with van der Waals surface area (Å²) in [7, 11) is 0. The number of carbonyl (C=O) groups is 1. The molecule has 5 nitrogen and oxygen atoms in total. The molecule has 5 aromatic rings. The van der Waals surface area contributed by atoms with Gasteiger partial charge in [-0.1, -0.05) is 43.3 Å². The highest BCUT2D eigenvalue weighted by atomic mass is 16.1. The molecule has 37 heavy (non-hydrogen) atoms. The molecule has 1 aliphatic heterocycles. The molecule has 3 heterocycles. The second-order valence-electron chi connectivity index (χ2n) is 9.92. The van der Waals surface area contributed by atoms with E-state index in [0.717, 1.165) is 48.2 Å². The highest BCUT2D eigenvalue weighted by molar-refractivity contribution is 6.20. The van der Waals surface area contributed by atoms with Crippen molar-refractivity contribution in [3.05, 3.63) is 100 Å². The van der Waals surface area contributed by atoms with Crippen molar-refractivity contribution < 1.29 is 4.79 Å². The van der Waals surface area contributed by atoms with Crippen LogP contribution in [0.25, 0.3) is 32.9 Å². The Balaban J connectivity index is 0.000000314. The highest BCUT2D eigenvalue weighted by Crippen LogP contribution is 2.48. The van der Waals surface area contributed by atoms with Crippen molar-refractivity contribution in [2.45, 2.75) is 46.2 Å². The number of pyridine rings is 1. The first-order chi connectivity index (χ1) is 18.1. The molecule has 0 unspecified atom stereocenters. The molecule has 2 aromatic heterocycles. The first-order valence-corrected chi connectivity index (χ1v) is 13.2. The fourth-order valence-corrected chi connectivity index (χ4v) is 5.98. The van der Waals surface area contributed by atoms with Crippen molar-refractivity contribution in [2.75, 3.05) is 6.54 Å². The number of nitrogens with one attached hydrogen (secondary N) is 1. The van der Waals surface area contributed by atoms with Crippen molar-refractivity contribution in [3.63, 3.8) is 0 Å². The number of hydrogen-bond donors (Lipinski definition) is 2. The molecule has 3 N–H and O–H groups in total. The Labute approximate surface area is 217 Å². The summed E-state index contributed by atoms with van der Waals surface area (Å²) >= 11 is 0. The van der Waals surface area contributed by atoms with Crippen LogP contribution in [0, 0.1) is 6.92 Å². The second kappa shape index (κ2) is 9.49. The van der Waals surface area contributed by atoms with Gasteiger partial charge >= 0.3 is 0 Å². The zero-order chi connectivity index (χ0) is 25.5. The first-order valence-electron chi connectivity index (χ1n) is 13.2. The molecule has 0 saturated carbocycles. The number of carbonyl (C=O) groups excluding carboxylic acids is 1. The lowest BCUT2D eigenvalue weighted by atomic mass is 9.92. The number of benzene rings is 3. The van der Waals surface area contributed by atoms with E-state index in [1.165, 1.54) is 44.1 Å². The lowest BCUT2D eigenvalue weighted by molar-refractivity contribution is 0.0966. The molecule has 0 fully saturated rings. The standard InChI is InChI=1S/C26H25N3O.C6H7N/c1-2-15-8-9-21-18(12-15)23-20-14-28-26(30)24(20)22-17-7-4-3-6-16(17)13-19(22)25(23)29(21)11-5-10-27;1-6-4-2-3-5-7-6/h3-4,6-9,12H,2,5,10-11,13-14,27H2,1H3,(H,28,30);2-5H,1H3. The van der Waals surface area contributed by atoms with Crippen LogP contribution in [-0.4, -0.2) is 22.0 Å². The van der Waals surface area contributed by atoms with Crippen LogP contribution >= 0.6 is 0 Å². The van der Waals surface area contributed by atoms with Gasteiger partial charge in [0.1, 0.15) is 0 Å². The van der Waals surface area contributed by atoms with Crippen LogP contribution in [0.4, 0.5) is 0 Å². The topological polar surface area (TPSA) is 72.9 Å². The van der Waals surface area contributed by atoms with Gasteiger partial charge in [-0.05, 0) is 78.4 Å². The molecule has 0 radical (unpaired) electrons. The third kappa shape index (κ3) is 3.82. The van der Waals surface area contributed by atoms with Crippen LogP contribution in [0.3, 0.4) is 0 Å². The average molecular weight is 489 g/mol. The molecule has 0 atom stereocenters. The third-order valence-electron chi connectivity index (χ3n) is 7.68. The van der Waals surface area contributed by atoms with Gasteiger partial charge in [0, 0.05) is 53.3 Å². The monoisotopic (exact) mass is 488 g/mol. The molecule has 0 spiro atoms. The van der Waals surface area contributed by atoms with Gasteiger partial charge in [0.2, 0.25) is 0 Å². The molecule has 1 aliphatic carbocycles. The normalized spacial score (nSPS) is 13.2. The van der Waals surface area contributed by atoms with Crippen LogP contribution < -0.4 is 11.1 Å². The maximum Gasteiger partial charge on any atom is 0.252 e. The summed E-state index contributed by atoms with van der Waals surface area (Å²) < 4.78 is 2.46. The number of nitrogens with two attached hydrogens (primary N) is 1. The fourth-order valence-electron chi connectivity index (χ4n) is 5.98. The number of aromatic nitrogens is 2. The van der Waals surface area contributed by atoms with Crippen molar-refractivity contribution in [3.8, 4) is 11.1 Å². The number of nitrogens with zero attached hydrogens (tertiary/aromatic N) is 2. The van der Waals surface area contributed by atoms with E-state index in [4.69, 9.17) is 5.73 Å². The molecular weight excluding hydrogens is 456 g/mol. The van der Waals surface area contributed by atoms with E-state index in [1.54, 1.807) is 6.20 Å². The smallest absolute Gasteiger partial charge is 0.252 e. The average Bonchev–Trinajstić information content (AvgIpc) is 3.59. The van der Waals surface area contributed by atoms with E-state index in [9.17, 15) is 4.79 Å². The van der Waals surface area contributed by atoms with E-state index in [-0.39, 0.29) is 5.91 Å². The highest BCUT2D eigenvalue weighted by Gasteiger charge is 2.35. The Kier molecular flexibility index (Phi) is 6.01. The van der Waals surface area contributed by atoms with Gasteiger partial charge in [-0.2, -0.15) is 0 Å². The van der Waals surface area contributed by atoms with Crippen molar-refractivity contribution in [1.29, 1.82) is 0 Å². The van der Waals surface area contributed by atoms with Gasteiger partial charge < -0.3 is 15.6 Å². The summed E-state index contributed by atoms with van der Waals surface area (Å²) in [5.74, 6) is 0.0642. The summed E-state index contributed by atoms with van der Waals surface area (Å²) in [6, 6.07) is 21.2. The minimum atomic E-state index is 0.0642. The van der Waals surface area contributed by atoms with Gasteiger partial charge in [0.05, 0.1) is 11.1 Å². The van der Waals surface area contributed by atoms with E-state index in [0.29, 0.717) is 13.1 Å². The number of hydrogen-bond acceptors (Lipinski definition) is 3. The molecule has 186 valence electrons. The fraction of sp³-hybridized carbons (Fsp3) is 0.250. The van der Waals surface area contributed by atoms with Crippen molar-refractivity contribution in [2.24, 2.45) is 5.73 Å². The van der Waals surface area contributed by atoms with E-state index < -0.39 is 0 Å². The van der Waals surface area contributed by atoms with Gasteiger partial charge in [-0.3, -0.25) is 9.78 Å². The van der Waals surface area contributed by atoms with Crippen LogP contribution in [0.5, 0.6) is 0 Å². The molecule has 3 aromatic carbocycles. The summed E-state index contributed by atoms with van der Waals surface area (Å²) in [5.41, 5.74) is 17.9. The Morgan fingerprint density at radius 3 is 2.59 bits per heavy atom. The van der Waals surface area contributed by atoms with Crippen LogP contribution in [0.15, 0.2) is 66.9 Å². The Hall–Kier alpha value is -3.96. The number of rotatable bonds is 4. The van der Waals surface area contributed by atoms with Crippen molar-refractivity contribution in [1.82, 2.24) is 14.9 Å².